The summed E-state index contributed by atoms with van der Waals surface area (Å²) in [6, 6.07) is 8.10. The van der Waals surface area contributed by atoms with Gasteiger partial charge in [-0.05, 0) is 13.0 Å². The number of rotatable bonds is 6. The summed E-state index contributed by atoms with van der Waals surface area (Å²) in [4.78, 5) is 16.2. The van der Waals surface area contributed by atoms with Gasteiger partial charge < -0.3 is 19.5 Å². The zero-order chi connectivity index (χ0) is 19.2. The normalized spacial score (nSPS) is 15.2. The van der Waals surface area contributed by atoms with Crippen molar-refractivity contribution in [3.05, 3.63) is 47.3 Å². The van der Waals surface area contributed by atoms with Gasteiger partial charge in [-0.15, -0.1) is 0 Å². The quantitative estimate of drug-likeness (QED) is 0.834. The molecular weight excluding hydrogens is 358 g/mol. The molecule has 1 aliphatic rings. The fourth-order valence-corrected chi connectivity index (χ4v) is 2.96. The highest BCUT2D eigenvalue weighted by molar-refractivity contribution is 5.74. The number of alkyl halides is 2. The van der Waals surface area contributed by atoms with E-state index in [4.69, 9.17) is 4.52 Å². The van der Waals surface area contributed by atoms with Crippen LogP contribution in [0.5, 0.6) is 5.75 Å². The fraction of sp³-hybridized carbons (Fsp3) is 0.444. The Bertz CT molecular complexity index is 761. The van der Waals surface area contributed by atoms with Gasteiger partial charge in [0.25, 0.3) is 0 Å². The second-order valence-corrected chi connectivity index (χ2v) is 6.34. The van der Waals surface area contributed by atoms with Gasteiger partial charge in [-0.2, -0.15) is 8.78 Å². The number of benzene rings is 1. The second kappa shape index (κ2) is 8.81. The Hall–Kier alpha value is -2.68. The maximum atomic E-state index is 12.5. The molecule has 7 nitrogen and oxygen atoms in total. The molecule has 1 N–H and O–H groups in total. The van der Waals surface area contributed by atoms with Crippen LogP contribution >= 0.6 is 0 Å². The van der Waals surface area contributed by atoms with Crippen molar-refractivity contribution in [1.82, 2.24) is 20.3 Å². The lowest BCUT2D eigenvalue weighted by atomic mass is 10.2. The van der Waals surface area contributed by atoms with Crippen LogP contribution < -0.4 is 10.1 Å². The topological polar surface area (TPSA) is 70.8 Å². The highest BCUT2D eigenvalue weighted by atomic mass is 19.3. The predicted octanol–water partition coefficient (Wildman–Crippen LogP) is 2.61. The molecule has 1 aromatic carbocycles. The molecule has 146 valence electrons. The maximum absolute atomic E-state index is 12.5. The van der Waals surface area contributed by atoms with Gasteiger partial charge >= 0.3 is 12.6 Å². The highest BCUT2D eigenvalue weighted by Crippen LogP contribution is 2.20. The molecule has 2 amide bonds. The number of hydrogen-bond acceptors (Lipinski definition) is 5. The van der Waals surface area contributed by atoms with E-state index in [-0.39, 0.29) is 18.3 Å². The first kappa shape index (κ1) is 19.1. The van der Waals surface area contributed by atoms with E-state index in [1.165, 1.54) is 6.07 Å². The first-order valence-corrected chi connectivity index (χ1v) is 8.71. The van der Waals surface area contributed by atoms with Crippen molar-refractivity contribution < 1.29 is 22.8 Å². The molecule has 1 aromatic heterocycles. The Labute approximate surface area is 155 Å². The van der Waals surface area contributed by atoms with Crippen LogP contribution in [0.25, 0.3) is 0 Å². The third kappa shape index (κ3) is 5.40. The summed E-state index contributed by atoms with van der Waals surface area (Å²) in [6.45, 7) is 2.36. The molecule has 0 saturated carbocycles. The summed E-state index contributed by atoms with van der Waals surface area (Å²) in [5.41, 5.74) is 1.35. The number of para-hydroxylation sites is 1. The molecule has 1 aliphatic heterocycles. The van der Waals surface area contributed by atoms with Crippen molar-refractivity contribution in [3.63, 3.8) is 0 Å². The second-order valence-electron chi connectivity index (χ2n) is 6.34. The van der Waals surface area contributed by atoms with Gasteiger partial charge in [-0.3, -0.25) is 4.90 Å². The summed E-state index contributed by atoms with van der Waals surface area (Å²) in [6.07, 6.45) is 0. The first-order valence-electron chi connectivity index (χ1n) is 8.71. The van der Waals surface area contributed by atoms with Crippen LogP contribution in [0.4, 0.5) is 13.6 Å². The van der Waals surface area contributed by atoms with E-state index < -0.39 is 6.61 Å². The van der Waals surface area contributed by atoms with Gasteiger partial charge in [0.05, 0.1) is 12.2 Å². The molecule has 2 aromatic rings. The number of piperazine rings is 1. The third-order valence-corrected chi connectivity index (χ3v) is 4.33. The zero-order valence-corrected chi connectivity index (χ0v) is 15.0. The molecule has 0 aliphatic carbocycles. The molecular formula is C18H22F2N4O3. The van der Waals surface area contributed by atoms with E-state index in [1.807, 2.05) is 13.0 Å². The van der Waals surface area contributed by atoms with Crippen LogP contribution in [0.1, 0.15) is 17.0 Å². The first-order chi connectivity index (χ1) is 13.0. The molecule has 0 atom stereocenters. The number of nitrogens with zero attached hydrogens (tertiary/aromatic N) is 3. The van der Waals surface area contributed by atoms with Crippen LogP contribution in [0, 0.1) is 6.92 Å². The van der Waals surface area contributed by atoms with E-state index in [1.54, 1.807) is 23.1 Å². The van der Waals surface area contributed by atoms with Crippen LogP contribution in [0.3, 0.4) is 0 Å². The molecule has 3 rings (SSSR count). The Morgan fingerprint density at radius 2 is 2.04 bits per heavy atom. The zero-order valence-electron chi connectivity index (χ0n) is 15.0. The molecule has 1 saturated heterocycles. The number of aromatic nitrogens is 1. The minimum absolute atomic E-state index is 0.0694. The van der Waals surface area contributed by atoms with Gasteiger partial charge in [0.2, 0.25) is 0 Å². The predicted molar refractivity (Wildman–Crippen MR) is 93.4 cm³/mol. The summed E-state index contributed by atoms with van der Waals surface area (Å²) in [5.74, 6) is 0.876. The summed E-state index contributed by atoms with van der Waals surface area (Å²) >= 11 is 0. The van der Waals surface area contributed by atoms with Crippen molar-refractivity contribution in [2.75, 3.05) is 26.2 Å². The van der Waals surface area contributed by atoms with Crippen molar-refractivity contribution in [2.24, 2.45) is 0 Å². The van der Waals surface area contributed by atoms with E-state index in [9.17, 15) is 13.6 Å². The Morgan fingerprint density at radius 1 is 1.30 bits per heavy atom. The van der Waals surface area contributed by atoms with E-state index in [0.717, 1.165) is 24.5 Å². The molecule has 1 fully saturated rings. The van der Waals surface area contributed by atoms with Crippen molar-refractivity contribution >= 4 is 6.03 Å². The number of ether oxygens (including phenoxy) is 1. The molecule has 0 spiro atoms. The lowest BCUT2D eigenvalue weighted by Gasteiger charge is -2.34. The summed E-state index contributed by atoms with van der Waals surface area (Å²) in [5, 5.41) is 6.64. The fourth-order valence-electron chi connectivity index (χ4n) is 2.96. The lowest BCUT2D eigenvalue weighted by Crippen LogP contribution is -2.51. The number of carbonyl (C=O) groups excluding carboxylic acids is 1. The number of hydrogen-bond donors (Lipinski definition) is 1. The Kier molecular flexibility index (Phi) is 6.23. The Balaban J connectivity index is 1.46. The average Bonchev–Trinajstić information content (AvgIpc) is 3.05. The number of amides is 2. The van der Waals surface area contributed by atoms with Crippen molar-refractivity contribution in [2.45, 2.75) is 26.6 Å². The van der Waals surface area contributed by atoms with Gasteiger partial charge in [0.15, 0.2) is 5.76 Å². The molecule has 0 unspecified atom stereocenters. The molecule has 9 heteroatoms. The van der Waals surface area contributed by atoms with Gasteiger partial charge in [-0.1, -0.05) is 23.4 Å². The highest BCUT2D eigenvalue weighted by Gasteiger charge is 2.22. The number of urea groups is 1. The molecule has 0 bridgehead atoms. The lowest BCUT2D eigenvalue weighted by molar-refractivity contribution is -0.0504. The maximum Gasteiger partial charge on any atom is 0.387 e. The number of aryl methyl sites for hydroxylation is 1. The molecule has 2 heterocycles. The van der Waals surface area contributed by atoms with Crippen LogP contribution in [-0.2, 0) is 13.1 Å². The molecule has 27 heavy (non-hydrogen) atoms. The van der Waals surface area contributed by atoms with Crippen molar-refractivity contribution in [1.29, 1.82) is 0 Å². The number of halogens is 2. The monoisotopic (exact) mass is 380 g/mol. The van der Waals surface area contributed by atoms with Gasteiger partial charge in [-0.25, -0.2) is 4.79 Å². The average molecular weight is 380 g/mol. The third-order valence-electron chi connectivity index (χ3n) is 4.33. The summed E-state index contributed by atoms with van der Waals surface area (Å²) in [7, 11) is 0. The Morgan fingerprint density at radius 3 is 2.70 bits per heavy atom. The SMILES string of the molecule is Cc1cc(CN2CCN(C(=O)NCc3ccccc3OC(F)F)CC2)on1. The number of carbonyl (C=O) groups is 1. The van der Waals surface area contributed by atoms with E-state index in [0.29, 0.717) is 25.2 Å². The van der Waals surface area contributed by atoms with E-state index in [2.05, 4.69) is 20.1 Å². The van der Waals surface area contributed by atoms with Gasteiger partial charge in [0, 0.05) is 44.4 Å². The summed E-state index contributed by atoms with van der Waals surface area (Å²) < 4.78 is 34.6. The van der Waals surface area contributed by atoms with Gasteiger partial charge in [0.1, 0.15) is 5.75 Å². The van der Waals surface area contributed by atoms with Crippen LogP contribution in [0.2, 0.25) is 0 Å². The standard InChI is InChI=1S/C18H22F2N4O3/c1-13-10-15(27-22-13)12-23-6-8-24(9-7-23)18(25)21-11-14-4-2-3-5-16(14)26-17(19)20/h2-5,10,17H,6-9,11-12H2,1H3,(H,21,25). The van der Waals surface area contributed by atoms with Crippen LogP contribution in [-0.4, -0.2) is 53.8 Å². The van der Waals surface area contributed by atoms with E-state index >= 15 is 0 Å². The largest absolute Gasteiger partial charge is 0.434 e. The minimum atomic E-state index is -2.90. The van der Waals surface area contributed by atoms with Crippen molar-refractivity contribution in [3.8, 4) is 5.75 Å². The smallest absolute Gasteiger partial charge is 0.387 e. The number of nitrogens with one attached hydrogen (secondary N) is 1. The minimum Gasteiger partial charge on any atom is -0.434 e. The molecule has 0 radical (unpaired) electrons. The van der Waals surface area contributed by atoms with Crippen LogP contribution in [0.15, 0.2) is 34.9 Å².